The summed E-state index contributed by atoms with van der Waals surface area (Å²) in [5.41, 5.74) is 2.68. The predicted molar refractivity (Wildman–Crippen MR) is 99.0 cm³/mol. The number of carbonyl (C=O) groups is 2. The molecule has 0 spiro atoms. The molecule has 0 aliphatic rings. The first-order valence-corrected chi connectivity index (χ1v) is 8.39. The minimum Gasteiger partial charge on any atom is -0.396 e. The van der Waals surface area contributed by atoms with Gasteiger partial charge >= 0.3 is 11.8 Å². The third-order valence-electron chi connectivity index (χ3n) is 4.02. The Morgan fingerprint density at radius 2 is 1.52 bits per heavy atom. The van der Waals surface area contributed by atoms with Crippen molar-refractivity contribution in [1.82, 2.24) is 5.32 Å². The van der Waals surface area contributed by atoms with Gasteiger partial charge < -0.3 is 15.7 Å². The van der Waals surface area contributed by atoms with Crippen LogP contribution in [0.3, 0.4) is 0 Å². The average Bonchev–Trinajstić information content (AvgIpc) is 2.62. The van der Waals surface area contributed by atoms with Crippen molar-refractivity contribution in [3.05, 3.63) is 54.6 Å². The Labute approximate surface area is 148 Å². The van der Waals surface area contributed by atoms with Gasteiger partial charge in [0.25, 0.3) is 0 Å². The van der Waals surface area contributed by atoms with Gasteiger partial charge in [0.05, 0.1) is 0 Å². The van der Waals surface area contributed by atoms with Gasteiger partial charge in [-0.15, -0.1) is 0 Å². The SMILES string of the molecule is CC(C)C(CCO)NC(=O)C(=O)Nc1ccc(-c2ccccc2)cc1. The van der Waals surface area contributed by atoms with Crippen LogP contribution in [0, 0.1) is 5.92 Å². The zero-order valence-electron chi connectivity index (χ0n) is 14.5. The van der Waals surface area contributed by atoms with Crippen LogP contribution in [0.1, 0.15) is 20.3 Å². The van der Waals surface area contributed by atoms with Gasteiger partial charge in [-0.3, -0.25) is 9.59 Å². The van der Waals surface area contributed by atoms with Crippen LogP contribution in [0.15, 0.2) is 54.6 Å². The molecule has 0 saturated carbocycles. The summed E-state index contributed by atoms with van der Waals surface area (Å²) in [5, 5.41) is 14.3. The van der Waals surface area contributed by atoms with Crippen LogP contribution in [0.5, 0.6) is 0 Å². The topological polar surface area (TPSA) is 78.4 Å². The number of benzene rings is 2. The molecule has 0 fully saturated rings. The molecule has 2 rings (SSSR count). The quantitative estimate of drug-likeness (QED) is 0.708. The molecule has 1 unspecified atom stereocenters. The van der Waals surface area contributed by atoms with Crippen LogP contribution >= 0.6 is 0 Å². The second-order valence-electron chi connectivity index (χ2n) is 6.23. The van der Waals surface area contributed by atoms with E-state index in [-0.39, 0.29) is 18.6 Å². The lowest BCUT2D eigenvalue weighted by molar-refractivity contribution is -0.136. The molecule has 0 aromatic heterocycles. The second kappa shape index (κ2) is 8.99. The molecule has 0 aliphatic carbocycles. The molecular formula is C20H24N2O3. The van der Waals surface area contributed by atoms with Gasteiger partial charge in [0.1, 0.15) is 0 Å². The van der Waals surface area contributed by atoms with Gasteiger partial charge in [0.2, 0.25) is 0 Å². The summed E-state index contributed by atoms with van der Waals surface area (Å²) >= 11 is 0. The molecule has 0 aliphatic heterocycles. The number of carbonyl (C=O) groups excluding carboxylic acids is 2. The van der Waals surface area contributed by atoms with E-state index in [1.165, 1.54) is 0 Å². The number of nitrogens with one attached hydrogen (secondary N) is 2. The summed E-state index contributed by atoms with van der Waals surface area (Å²) < 4.78 is 0. The van der Waals surface area contributed by atoms with Crippen molar-refractivity contribution in [3.63, 3.8) is 0 Å². The molecule has 3 N–H and O–H groups in total. The highest BCUT2D eigenvalue weighted by atomic mass is 16.3. The predicted octanol–water partition coefficient (Wildman–Crippen LogP) is 2.82. The lowest BCUT2D eigenvalue weighted by Gasteiger charge is -2.21. The van der Waals surface area contributed by atoms with Crippen molar-refractivity contribution < 1.29 is 14.7 Å². The molecule has 0 saturated heterocycles. The number of rotatable bonds is 6. The van der Waals surface area contributed by atoms with Crippen LogP contribution < -0.4 is 10.6 Å². The summed E-state index contributed by atoms with van der Waals surface area (Å²) in [6, 6.07) is 17.0. The molecule has 0 heterocycles. The highest BCUT2D eigenvalue weighted by molar-refractivity contribution is 6.39. The van der Waals surface area contributed by atoms with E-state index in [1.54, 1.807) is 12.1 Å². The molecule has 2 aromatic rings. The van der Waals surface area contributed by atoms with Gasteiger partial charge in [0, 0.05) is 18.3 Å². The van der Waals surface area contributed by atoms with E-state index in [1.807, 2.05) is 56.3 Å². The van der Waals surface area contributed by atoms with E-state index >= 15 is 0 Å². The van der Waals surface area contributed by atoms with Crippen LogP contribution in [-0.2, 0) is 9.59 Å². The second-order valence-corrected chi connectivity index (χ2v) is 6.23. The van der Waals surface area contributed by atoms with E-state index in [9.17, 15) is 9.59 Å². The molecule has 0 bridgehead atoms. The first kappa shape index (κ1) is 18.7. The zero-order valence-corrected chi connectivity index (χ0v) is 14.5. The van der Waals surface area contributed by atoms with E-state index in [0.717, 1.165) is 11.1 Å². The molecular weight excluding hydrogens is 316 g/mol. The minimum absolute atomic E-state index is 0.0360. The highest BCUT2D eigenvalue weighted by Gasteiger charge is 2.20. The van der Waals surface area contributed by atoms with Crippen LogP contribution in [-0.4, -0.2) is 29.6 Å². The van der Waals surface area contributed by atoms with Crippen LogP contribution in [0.4, 0.5) is 5.69 Å². The first-order valence-electron chi connectivity index (χ1n) is 8.39. The van der Waals surface area contributed by atoms with Gasteiger partial charge in [-0.25, -0.2) is 0 Å². The zero-order chi connectivity index (χ0) is 18.2. The van der Waals surface area contributed by atoms with Gasteiger partial charge in [-0.05, 0) is 35.6 Å². The highest BCUT2D eigenvalue weighted by Crippen LogP contribution is 2.20. The van der Waals surface area contributed by atoms with Crippen molar-refractivity contribution in [2.45, 2.75) is 26.3 Å². The van der Waals surface area contributed by atoms with E-state index < -0.39 is 11.8 Å². The summed E-state index contributed by atoms with van der Waals surface area (Å²) in [6.07, 6.45) is 0.419. The third kappa shape index (κ3) is 5.43. The number of anilines is 1. The van der Waals surface area contributed by atoms with Crippen molar-refractivity contribution in [3.8, 4) is 11.1 Å². The number of hydrogen-bond acceptors (Lipinski definition) is 3. The van der Waals surface area contributed by atoms with Crippen LogP contribution in [0.2, 0.25) is 0 Å². The third-order valence-corrected chi connectivity index (χ3v) is 4.02. The fraction of sp³-hybridized carbons (Fsp3) is 0.300. The van der Waals surface area contributed by atoms with Gasteiger partial charge in [0.15, 0.2) is 0 Å². The average molecular weight is 340 g/mol. The maximum absolute atomic E-state index is 12.0. The lowest BCUT2D eigenvalue weighted by atomic mass is 10.0. The molecule has 5 heteroatoms. The van der Waals surface area contributed by atoms with E-state index in [4.69, 9.17) is 5.11 Å². The Bertz CT molecular complexity index is 697. The molecule has 0 radical (unpaired) electrons. The van der Waals surface area contributed by atoms with Gasteiger partial charge in [-0.2, -0.15) is 0 Å². The molecule has 5 nitrogen and oxygen atoms in total. The Morgan fingerprint density at radius 3 is 2.08 bits per heavy atom. The smallest absolute Gasteiger partial charge is 0.313 e. The molecule has 132 valence electrons. The van der Waals surface area contributed by atoms with E-state index in [2.05, 4.69) is 10.6 Å². The summed E-state index contributed by atoms with van der Waals surface area (Å²) in [4.78, 5) is 24.1. The lowest BCUT2D eigenvalue weighted by Crippen LogP contribution is -2.44. The minimum atomic E-state index is -0.712. The number of aliphatic hydroxyl groups excluding tert-OH is 1. The monoisotopic (exact) mass is 340 g/mol. The fourth-order valence-corrected chi connectivity index (χ4v) is 2.51. The summed E-state index contributed by atoms with van der Waals surface area (Å²) in [5.74, 6) is -1.27. The summed E-state index contributed by atoms with van der Waals surface area (Å²) in [7, 11) is 0. The van der Waals surface area contributed by atoms with Crippen molar-refractivity contribution >= 4 is 17.5 Å². The number of amides is 2. The normalized spacial score (nSPS) is 11.8. The maximum Gasteiger partial charge on any atom is 0.313 e. The molecule has 25 heavy (non-hydrogen) atoms. The first-order chi connectivity index (χ1) is 12.0. The van der Waals surface area contributed by atoms with Crippen molar-refractivity contribution in [1.29, 1.82) is 0 Å². The van der Waals surface area contributed by atoms with Gasteiger partial charge in [-0.1, -0.05) is 56.3 Å². The Morgan fingerprint density at radius 1 is 0.920 bits per heavy atom. The maximum atomic E-state index is 12.0. The number of aliphatic hydroxyl groups is 1. The van der Waals surface area contributed by atoms with Crippen molar-refractivity contribution in [2.75, 3.05) is 11.9 Å². The van der Waals surface area contributed by atoms with Crippen LogP contribution in [0.25, 0.3) is 11.1 Å². The summed E-state index contributed by atoms with van der Waals surface area (Å²) in [6.45, 7) is 3.83. The Hall–Kier alpha value is -2.66. The Kier molecular flexibility index (Phi) is 6.71. The fourth-order valence-electron chi connectivity index (χ4n) is 2.51. The van der Waals surface area contributed by atoms with Crippen molar-refractivity contribution in [2.24, 2.45) is 5.92 Å². The number of hydrogen-bond donors (Lipinski definition) is 3. The standard InChI is InChI=1S/C20H24N2O3/c1-14(2)18(12-13-23)22-20(25)19(24)21-17-10-8-16(9-11-17)15-6-4-3-5-7-15/h3-11,14,18,23H,12-13H2,1-2H3,(H,21,24)(H,22,25). The molecule has 1 atom stereocenters. The molecule has 2 amide bonds. The van der Waals surface area contributed by atoms with E-state index in [0.29, 0.717) is 12.1 Å². The largest absolute Gasteiger partial charge is 0.396 e. The Balaban J connectivity index is 1.97. The molecule has 2 aromatic carbocycles.